The van der Waals surface area contributed by atoms with Gasteiger partial charge in [0.2, 0.25) is 0 Å². The molecule has 1 aromatic carbocycles. The number of benzene rings is 1. The summed E-state index contributed by atoms with van der Waals surface area (Å²) in [6.07, 6.45) is 17.2. The maximum Gasteiger partial charge on any atom is 0.154 e. The minimum absolute atomic E-state index is 0.341. The van der Waals surface area contributed by atoms with Gasteiger partial charge in [-0.05, 0) is 36.2 Å². The summed E-state index contributed by atoms with van der Waals surface area (Å²) in [5.74, 6) is 0.365. The van der Waals surface area contributed by atoms with Crippen molar-refractivity contribution in [2.75, 3.05) is 0 Å². The van der Waals surface area contributed by atoms with Gasteiger partial charge in [-0.1, -0.05) is 45.2 Å². The van der Waals surface area contributed by atoms with Crippen LogP contribution in [-0.4, -0.2) is 15.2 Å². The molecule has 0 fully saturated rings. The molecule has 30 heavy (non-hydrogen) atoms. The second-order valence-corrected chi connectivity index (χ2v) is 6.35. The van der Waals surface area contributed by atoms with Crippen LogP contribution >= 0.6 is 11.9 Å². The third-order valence-electron chi connectivity index (χ3n) is 3.43. The fourth-order valence-electron chi connectivity index (χ4n) is 2.36. The van der Waals surface area contributed by atoms with Crippen molar-refractivity contribution in [2.45, 2.75) is 13.8 Å². The summed E-state index contributed by atoms with van der Waals surface area (Å²) in [5, 5.41) is 0.555. The van der Waals surface area contributed by atoms with Gasteiger partial charge < -0.3 is 4.74 Å². The maximum absolute atomic E-state index is 13.4. The predicted octanol–water partition coefficient (Wildman–Crippen LogP) is 6.81. The molecule has 0 unspecified atom stereocenters. The van der Waals surface area contributed by atoms with Crippen molar-refractivity contribution in [3.8, 4) is 24.3 Å². The zero-order valence-electron chi connectivity index (χ0n) is 16.9. The van der Waals surface area contributed by atoms with Crippen molar-refractivity contribution in [3.05, 3.63) is 90.4 Å². The minimum Gasteiger partial charge on any atom is -0.456 e. The Morgan fingerprint density at radius 2 is 2.03 bits per heavy atom. The van der Waals surface area contributed by atoms with E-state index < -0.39 is 5.82 Å². The average molecular weight is 423 g/mol. The number of hydrogen-bond donors (Lipinski definition) is 0. The van der Waals surface area contributed by atoms with Crippen molar-refractivity contribution in [1.29, 1.82) is 0 Å². The molecule has 0 bridgehead atoms. The first-order chi connectivity index (χ1) is 14.6. The first kappa shape index (κ1) is 24.5. The van der Waals surface area contributed by atoms with Crippen LogP contribution in [0.15, 0.2) is 79.0 Å². The molecule has 0 amide bonds. The summed E-state index contributed by atoms with van der Waals surface area (Å²) in [5.41, 5.74) is 0.978. The van der Waals surface area contributed by atoms with Crippen molar-refractivity contribution >= 4 is 29.3 Å². The van der Waals surface area contributed by atoms with Crippen LogP contribution in [-0.2, 0) is 0 Å². The third-order valence-corrected chi connectivity index (χ3v) is 4.28. The number of aldehydes is 1. The van der Waals surface area contributed by atoms with E-state index in [9.17, 15) is 9.18 Å². The Morgan fingerprint density at radius 3 is 2.67 bits per heavy atom. The first-order valence-corrected chi connectivity index (χ1v) is 9.78. The number of halogens is 1. The fourth-order valence-corrected chi connectivity index (χ4v) is 3.14. The lowest BCUT2D eigenvalue weighted by atomic mass is 10.2. The number of hydrogen-bond acceptors (Lipinski definition) is 4. The van der Waals surface area contributed by atoms with Gasteiger partial charge in [-0.15, -0.1) is 12.8 Å². The van der Waals surface area contributed by atoms with Crippen LogP contribution in [0.4, 0.5) is 4.39 Å². The van der Waals surface area contributed by atoms with Crippen LogP contribution in [0.3, 0.4) is 0 Å². The smallest absolute Gasteiger partial charge is 0.154 e. The molecule has 6 heteroatoms. The van der Waals surface area contributed by atoms with E-state index in [1.807, 2.05) is 13.8 Å². The topological polar surface area (TPSA) is 44.1 Å². The van der Waals surface area contributed by atoms with Crippen LogP contribution in [0.25, 0.3) is 11.0 Å². The highest BCUT2D eigenvalue weighted by molar-refractivity contribution is 8.01. The molecule has 0 aliphatic rings. The summed E-state index contributed by atoms with van der Waals surface area (Å²) in [7, 11) is 0. The van der Waals surface area contributed by atoms with Crippen LogP contribution in [0.1, 0.15) is 24.2 Å². The largest absolute Gasteiger partial charge is 0.456 e. The molecule has 2 aromatic heterocycles. The highest BCUT2D eigenvalue weighted by Crippen LogP contribution is 2.35. The van der Waals surface area contributed by atoms with Crippen LogP contribution in [0.2, 0.25) is 0 Å². The first-order valence-electron chi connectivity index (χ1n) is 9.00. The Kier molecular flexibility index (Phi) is 10.5. The number of aromatic nitrogens is 2. The molecular formula is C24H23FN2O2S. The SMILES string of the molecule is C#C.C=C/C=C\C(=C)Sn1cc(C=O)c2c(Oc3cccc(F)c3)ccnc21.CC. The van der Waals surface area contributed by atoms with Gasteiger partial charge in [-0.25, -0.2) is 9.37 Å². The molecular weight excluding hydrogens is 399 g/mol. The third kappa shape index (κ3) is 6.23. The van der Waals surface area contributed by atoms with Gasteiger partial charge in [0, 0.05) is 28.9 Å². The Bertz CT molecular complexity index is 1070. The number of ether oxygens (including phenoxy) is 1. The molecule has 154 valence electrons. The highest BCUT2D eigenvalue weighted by Gasteiger charge is 2.16. The molecule has 0 N–H and O–H groups in total. The number of pyridine rings is 1. The van der Waals surface area contributed by atoms with E-state index in [0.717, 1.165) is 11.2 Å². The molecule has 0 aliphatic carbocycles. The summed E-state index contributed by atoms with van der Waals surface area (Å²) >= 11 is 1.32. The molecule has 0 spiro atoms. The number of carbonyl (C=O) groups excluding carboxylic acids is 1. The number of terminal acetylenes is 1. The molecule has 4 nitrogen and oxygen atoms in total. The minimum atomic E-state index is -0.401. The molecule has 3 rings (SSSR count). The van der Waals surface area contributed by atoms with Gasteiger partial charge >= 0.3 is 0 Å². The Balaban J connectivity index is 0.00000106. The van der Waals surface area contributed by atoms with Crippen molar-refractivity contribution in [2.24, 2.45) is 0 Å². The monoisotopic (exact) mass is 422 g/mol. The molecule has 0 aliphatic heterocycles. The van der Waals surface area contributed by atoms with E-state index in [4.69, 9.17) is 4.74 Å². The summed E-state index contributed by atoms with van der Waals surface area (Å²) in [4.78, 5) is 16.6. The van der Waals surface area contributed by atoms with E-state index >= 15 is 0 Å². The predicted molar refractivity (Wildman–Crippen MR) is 124 cm³/mol. The van der Waals surface area contributed by atoms with Gasteiger partial charge in [0.05, 0.1) is 5.39 Å². The lowest BCUT2D eigenvalue weighted by molar-refractivity contribution is 0.112. The van der Waals surface area contributed by atoms with Crippen LogP contribution in [0, 0.1) is 18.7 Å². The second kappa shape index (κ2) is 12.8. The van der Waals surface area contributed by atoms with Gasteiger partial charge in [0.15, 0.2) is 11.9 Å². The number of nitrogens with zero attached hydrogens (tertiary/aromatic N) is 2. The van der Waals surface area contributed by atoms with Gasteiger partial charge in [-0.2, -0.15) is 0 Å². The standard InChI is InChI=1S/C20H15FN2O2S.C2H6.C2H2/c1-3-4-6-14(2)26-23-12-15(13-24)19-18(9-10-22-20(19)23)25-17-8-5-7-16(21)11-17;2*1-2/h3-13H,1-2H2;1-2H3;1-2H/b6-4-;;. The Hall–Kier alpha value is -3.56. The van der Waals surface area contributed by atoms with E-state index in [1.54, 1.807) is 52.8 Å². The van der Waals surface area contributed by atoms with Crippen molar-refractivity contribution < 1.29 is 13.9 Å². The highest BCUT2D eigenvalue weighted by atomic mass is 32.2. The number of fused-ring (bicyclic) bond motifs is 1. The summed E-state index contributed by atoms with van der Waals surface area (Å²) in [6, 6.07) is 7.45. The lowest BCUT2D eigenvalue weighted by Gasteiger charge is -2.08. The zero-order chi connectivity index (χ0) is 22.5. The molecule has 0 saturated heterocycles. The van der Waals surface area contributed by atoms with Crippen LogP contribution < -0.4 is 4.74 Å². The van der Waals surface area contributed by atoms with Gasteiger partial charge in [0.25, 0.3) is 0 Å². The van der Waals surface area contributed by atoms with E-state index in [-0.39, 0.29) is 0 Å². The molecule has 3 aromatic rings. The maximum atomic E-state index is 13.4. The molecule has 2 heterocycles. The summed E-state index contributed by atoms with van der Waals surface area (Å²) in [6.45, 7) is 11.6. The zero-order valence-corrected chi connectivity index (χ0v) is 17.7. The Morgan fingerprint density at radius 1 is 1.30 bits per heavy atom. The normalized spacial score (nSPS) is 9.77. The van der Waals surface area contributed by atoms with Gasteiger partial charge in [-0.3, -0.25) is 8.77 Å². The molecule has 0 atom stereocenters. The van der Waals surface area contributed by atoms with Crippen LogP contribution in [0.5, 0.6) is 11.5 Å². The number of allylic oxidation sites excluding steroid dienone is 3. The Labute approximate surface area is 180 Å². The van der Waals surface area contributed by atoms with Crippen molar-refractivity contribution in [3.63, 3.8) is 0 Å². The molecule has 0 saturated carbocycles. The summed E-state index contributed by atoms with van der Waals surface area (Å²) < 4.78 is 20.9. The van der Waals surface area contributed by atoms with Gasteiger partial charge in [0.1, 0.15) is 17.3 Å². The molecule has 0 radical (unpaired) electrons. The quantitative estimate of drug-likeness (QED) is 0.238. The average Bonchev–Trinajstić information content (AvgIpc) is 3.13. The van der Waals surface area contributed by atoms with E-state index in [1.165, 1.54) is 24.1 Å². The van der Waals surface area contributed by atoms with E-state index in [2.05, 4.69) is 31.0 Å². The lowest BCUT2D eigenvalue weighted by Crippen LogP contribution is -1.90. The fraction of sp³-hybridized carbons (Fsp3) is 0.0833. The van der Waals surface area contributed by atoms with E-state index in [0.29, 0.717) is 28.1 Å². The number of rotatable bonds is 7. The van der Waals surface area contributed by atoms with Crippen molar-refractivity contribution in [1.82, 2.24) is 8.96 Å². The number of carbonyl (C=O) groups is 1. The second-order valence-electron chi connectivity index (χ2n) is 5.25.